The van der Waals surface area contributed by atoms with E-state index in [1.165, 1.54) is 61.9 Å². The molecular weight excluding hydrogens is 329 g/mol. The number of quaternary nitrogens is 1. The van der Waals surface area contributed by atoms with Gasteiger partial charge in [0.25, 0.3) is 0 Å². The molecular formula is C22H27FNO2+. The molecule has 0 radical (unpaired) electrons. The van der Waals surface area contributed by atoms with Crippen LogP contribution in [0.3, 0.4) is 0 Å². The fourth-order valence-corrected chi connectivity index (χ4v) is 4.11. The molecule has 0 aliphatic carbocycles. The highest BCUT2D eigenvalue weighted by molar-refractivity contribution is 6.05. The molecule has 2 aromatic carbocycles. The van der Waals surface area contributed by atoms with E-state index >= 15 is 0 Å². The van der Waals surface area contributed by atoms with Crippen LogP contribution in [0.4, 0.5) is 4.39 Å². The molecule has 26 heavy (non-hydrogen) atoms. The van der Waals surface area contributed by atoms with Crippen molar-refractivity contribution >= 4 is 21.9 Å². The van der Waals surface area contributed by atoms with Crippen LogP contribution in [0.5, 0.6) is 5.75 Å². The van der Waals surface area contributed by atoms with Crippen molar-refractivity contribution in [1.29, 1.82) is 0 Å². The Hall–Kier alpha value is -2.07. The van der Waals surface area contributed by atoms with Gasteiger partial charge in [0.05, 0.1) is 33.3 Å². The number of fused-ring (bicyclic) bond motifs is 3. The van der Waals surface area contributed by atoms with Gasteiger partial charge in [-0.3, -0.25) is 0 Å². The van der Waals surface area contributed by atoms with E-state index in [9.17, 15) is 4.39 Å². The Balaban J connectivity index is 1.33. The average Bonchev–Trinajstić information content (AvgIpc) is 2.98. The molecule has 4 heteroatoms. The van der Waals surface area contributed by atoms with Crippen LogP contribution >= 0.6 is 0 Å². The number of likely N-dealkylation sites (tertiary alicyclic amines) is 1. The first-order chi connectivity index (χ1) is 12.6. The Bertz CT molecular complexity index is 896. The van der Waals surface area contributed by atoms with E-state index in [2.05, 4.69) is 7.05 Å². The third-order valence-electron chi connectivity index (χ3n) is 5.66. The minimum atomic E-state index is -0.280. The van der Waals surface area contributed by atoms with Gasteiger partial charge in [0.2, 0.25) is 0 Å². The van der Waals surface area contributed by atoms with E-state index < -0.39 is 0 Å². The molecule has 1 aromatic heterocycles. The lowest BCUT2D eigenvalue weighted by Crippen LogP contribution is -2.48. The lowest BCUT2D eigenvalue weighted by Gasteiger charge is -2.37. The maximum atomic E-state index is 13.4. The van der Waals surface area contributed by atoms with Crippen molar-refractivity contribution < 1.29 is 18.0 Å². The molecule has 3 aromatic rings. The van der Waals surface area contributed by atoms with Crippen LogP contribution in [0, 0.1) is 5.82 Å². The second-order valence-corrected chi connectivity index (χ2v) is 7.81. The summed E-state index contributed by atoms with van der Waals surface area (Å²) in [6.07, 6.45) is 6.40. The first-order valence-corrected chi connectivity index (χ1v) is 9.71. The largest absolute Gasteiger partial charge is 0.493 e. The van der Waals surface area contributed by atoms with Gasteiger partial charge in [0, 0.05) is 22.9 Å². The Morgan fingerprint density at radius 2 is 1.69 bits per heavy atom. The van der Waals surface area contributed by atoms with Crippen molar-refractivity contribution in [2.75, 3.05) is 33.3 Å². The van der Waals surface area contributed by atoms with E-state index in [1.54, 1.807) is 6.07 Å². The summed E-state index contributed by atoms with van der Waals surface area (Å²) in [5.74, 6) is 0.536. The van der Waals surface area contributed by atoms with Crippen LogP contribution in [0.2, 0.25) is 0 Å². The highest BCUT2D eigenvalue weighted by Gasteiger charge is 2.23. The molecule has 0 saturated carbocycles. The molecule has 3 nitrogen and oxygen atoms in total. The fraction of sp³-hybridized carbons (Fsp3) is 0.455. The van der Waals surface area contributed by atoms with Gasteiger partial charge in [-0.05, 0) is 56.4 Å². The minimum Gasteiger partial charge on any atom is -0.493 e. The topological polar surface area (TPSA) is 22.4 Å². The van der Waals surface area contributed by atoms with Crippen LogP contribution < -0.4 is 4.74 Å². The summed E-state index contributed by atoms with van der Waals surface area (Å²) in [5, 5.41) is 1.93. The molecule has 1 saturated heterocycles. The number of piperidine rings is 1. The molecule has 0 atom stereocenters. The molecule has 0 N–H and O–H groups in total. The number of rotatable bonds is 6. The smallest absolute Gasteiger partial charge is 0.139 e. The van der Waals surface area contributed by atoms with Gasteiger partial charge in [0.1, 0.15) is 22.7 Å². The maximum Gasteiger partial charge on any atom is 0.139 e. The maximum absolute atomic E-state index is 13.4. The highest BCUT2D eigenvalue weighted by Crippen LogP contribution is 2.31. The lowest BCUT2D eigenvalue weighted by atomic mass is 10.1. The van der Waals surface area contributed by atoms with Crippen molar-refractivity contribution in [3.8, 4) is 5.75 Å². The molecule has 138 valence electrons. The minimum absolute atomic E-state index is 0.280. The summed E-state index contributed by atoms with van der Waals surface area (Å²) in [4.78, 5) is 0. The molecule has 0 bridgehead atoms. The van der Waals surface area contributed by atoms with E-state index in [0.29, 0.717) is 5.58 Å². The number of unbranched alkanes of at least 4 members (excludes halogenated alkanes) is 1. The van der Waals surface area contributed by atoms with E-state index in [0.717, 1.165) is 35.1 Å². The number of benzene rings is 2. The second-order valence-electron chi connectivity index (χ2n) is 7.81. The number of ether oxygens (including phenoxy) is 1. The Morgan fingerprint density at radius 1 is 0.962 bits per heavy atom. The fourth-order valence-electron chi connectivity index (χ4n) is 4.11. The standard InChI is InChI=1S/C22H27FNO2/c1-24(11-3-2-4-12-24)13-5-6-14-25-18-8-10-20-19-9-7-17(23)15-21(19)26-22(20)16-18/h7-10,15-16H,2-6,11-14H2,1H3/q+1. The Kier molecular flexibility index (Phi) is 4.86. The van der Waals surface area contributed by atoms with Gasteiger partial charge in [0.15, 0.2) is 0 Å². The Labute approximate surface area is 153 Å². The van der Waals surface area contributed by atoms with Crippen molar-refractivity contribution in [3.05, 3.63) is 42.2 Å². The molecule has 1 aliphatic rings. The summed E-state index contributed by atoms with van der Waals surface area (Å²) < 4.78 is 26.3. The molecule has 0 spiro atoms. The molecule has 0 unspecified atom stereocenters. The summed E-state index contributed by atoms with van der Waals surface area (Å²) in [7, 11) is 2.39. The average molecular weight is 356 g/mol. The summed E-state index contributed by atoms with van der Waals surface area (Å²) in [6, 6.07) is 10.5. The normalized spacial score (nSPS) is 17.0. The highest BCUT2D eigenvalue weighted by atomic mass is 19.1. The molecule has 1 fully saturated rings. The molecule has 1 aliphatic heterocycles. The Morgan fingerprint density at radius 3 is 2.50 bits per heavy atom. The second kappa shape index (κ2) is 7.28. The predicted molar refractivity (Wildman–Crippen MR) is 103 cm³/mol. The quantitative estimate of drug-likeness (QED) is 0.429. The van der Waals surface area contributed by atoms with Crippen molar-refractivity contribution in [2.45, 2.75) is 32.1 Å². The SMILES string of the molecule is C[N+]1(CCCCOc2ccc3c(c2)oc2cc(F)ccc23)CCCCC1. The summed E-state index contributed by atoms with van der Waals surface area (Å²) in [6.45, 7) is 4.62. The van der Waals surface area contributed by atoms with Gasteiger partial charge >= 0.3 is 0 Å². The number of halogens is 1. The third-order valence-corrected chi connectivity index (χ3v) is 5.66. The monoisotopic (exact) mass is 356 g/mol. The van der Waals surface area contributed by atoms with Gasteiger partial charge in [-0.25, -0.2) is 4.39 Å². The van der Waals surface area contributed by atoms with Gasteiger partial charge in [-0.1, -0.05) is 0 Å². The van der Waals surface area contributed by atoms with E-state index in [1.807, 2.05) is 18.2 Å². The molecule has 4 rings (SSSR count). The van der Waals surface area contributed by atoms with Crippen molar-refractivity contribution in [1.82, 2.24) is 0 Å². The number of furan rings is 1. The first kappa shape index (κ1) is 17.3. The molecule has 2 heterocycles. The molecule has 0 amide bonds. The van der Waals surface area contributed by atoms with Crippen LogP contribution in [-0.4, -0.2) is 37.8 Å². The van der Waals surface area contributed by atoms with Crippen molar-refractivity contribution in [2.24, 2.45) is 0 Å². The van der Waals surface area contributed by atoms with Crippen LogP contribution in [-0.2, 0) is 0 Å². The van der Waals surface area contributed by atoms with Crippen molar-refractivity contribution in [3.63, 3.8) is 0 Å². The number of hydrogen-bond acceptors (Lipinski definition) is 2. The zero-order valence-corrected chi connectivity index (χ0v) is 15.5. The van der Waals surface area contributed by atoms with Crippen LogP contribution in [0.25, 0.3) is 21.9 Å². The zero-order chi connectivity index (χ0) is 18.0. The summed E-state index contributed by atoms with van der Waals surface area (Å²) in [5.41, 5.74) is 1.32. The number of hydrogen-bond donors (Lipinski definition) is 0. The van der Waals surface area contributed by atoms with Gasteiger partial charge in [-0.15, -0.1) is 0 Å². The van der Waals surface area contributed by atoms with Crippen LogP contribution in [0.15, 0.2) is 40.8 Å². The third kappa shape index (κ3) is 3.70. The van der Waals surface area contributed by atoms with Crippen LogP contribution in [0.1, 0.15) is 32.1 Å². The van der Waals surface area contributed by atoms with E-state index in [-0.39, 0.29) is 5.82 Å². The van der Waals surface area contributed by atoms with Gasteiger partial charge in [-0.2, -0.15) is 0 Å². The zero-order valence-electron chi connectivity index (χ0n) is 15.5. The van der Waals surface area contributed by atoms with Gasteiger partial charge < -0.3 is 13.6 Å². The first-order valence-electron chi connectivity index (χ1n) is 9.71. The number of nitrogens with zero attached hydrogens (tertiary/aromatic N) is 1. The summed E-state index contributed by atoms with van der Waals surface area (Å²) >= 11 is 0. The predicted octanol–water partition coefficient (Wildman–Crippen LogP) is 5.51. The lowest BCUT2D eigenvalue weighted by molar-refractivity contribution is -0.914. The van der Waals surface area contributed by atoms with E-state index in [4.69, 9.17) is 9.15 Å².